The normalized spacial score (nSPS) is 15.8. The Kier molecular flexibility index (Phi) is 5.69. The van der Waals surface area contributed by atoms with Gasteiger partial charge < -0.3 is 9.64 Å². The van der Waals surface area contributed by atoms with Gasteiger partial charge in [-0.3, -0.25) is 9.69 Å². The Bertz CT molecular complexity index is 1100. The van der Waals surface area contributed by atoms with Crippen molar-refractivity contribution in [3.8, 4) is 11.4 Å². The number of ether oxygens (including phenoxy) is 1. The lowest BCUT2D eigenvalue weighted by atomic mass is 10.1. The largest absolute Gasteiger partial charge is 0.485 e. The van der Waals surface area contributed by atoms with Crippen LogP contribution in [-0.2, 0) is 0 Å². The van der Waals surface area contributed by atoms with Crippen molar-refractivity contribution in [2.24, 2.45) is 0 Å². The summed E-state index contributed by atoms with van der Waals surface area (Å²) in [5.74, 6) is 0.991. The number of nitrogens with zero attached hydrogens (tertiary/aromatic N) is 5. The lowest BCUT2D eigenvalue weighted by Crippen LogP contribution is -2.47. The molecule has 0 fully saturated rings. The third-order valence-electron chi connectivity index (χ3n) is 4.75. The zero-order chi connectivity index (χ0) is 21.4. The van der Waals surface area contributed by atoms with Crippen LogP contribution in [0.25, 0.3) is 5.69 Å². The standard InChI is InChI=1S/C21H21Cl2N5O2/c1-13-24-20(25-28(13)18-10-14(22)8-9-16(18)23)21(29)27-12-15(11-26(2)3)30-19-7-5-4-6-17(19)27/h4-10,15H,11-12H2,1-3H3. The first kappa shape index (κ1) is 20.7. The van der Waals surface area contributed by atoms with E-state index >= 15 is 0 Å². The zero-order valence-electron chi connectivity index (χ0n) is 16.8. The second kappa shape index (κ2) is 8.26. The van der Waals surface area contributed by atoms with Gasteiger partial charge >= 0.3 is 0 Å². The number of aryl methyl sites for hydroxylation is 1. The molecular formula is C21H21Cl2N5O2. The average molecular weight is 446 g/mol. The molecule has 4 rings (SSSR count). The molecule has 0 saturated carbocycles. The molecule has 3 aromatic rings. The van der Waals surface area contributed by atoms with E-state index < -0.39 is 0 Å². The molecular weight excluding hydrogens is 425 g/mol. The van der Waals surface area contributed by atoms with Gasteiger partial charge in [-0.2, -0.15) is 0 Å². The Morgan fingerprint density at radius 2 is 1.97 bits per heavy atom. The van der Waals surface area contributed by atoms with E-state index in [4.69, 9.17) is 27.9 Å². The van der Waals surface area contributed by atoms with Crippen molar-refractivity contribution in [2.75, 3.05) is 32.1 Å². The zero-order valence-corrected chi connectivity index (χ0v) is 18.4. The molecule has 2 aromatic carbocycles. The van der Waals surface area contributed by atoms with Gasteiger partial charge in [0.2, 0.25) is 5.82 Å². The first-order valence-electron chi connectivity index (χ1n) is 9.45. The second-order valence-electron chi connectivity index (χ2n) is 7.38. The SMILES string of the molecule is Cc1nc(C(=O)N2CC(CN(C)C)Oc3ccccc32)nn1-c1cc(Cl)ccc1Cl. The number of amides is 1. The van der Waals surface area contributed by atoms with Gasteiger partial charge in [-0.25, -0.2) is 9.67 Å². The molecule has 0 spiro atoms. The van der Waals surface area contributed by atoms with Crippen LogP contribution in [0.15, 0.2) is 42.5 Å². The number of halogens is 2. The molecule has 0 bridgehead atoms. The molecule has 1 unspecified atom stereocenters. The number of hydrogen-bond donors (Lipinski definition) is 0. The predicted molar refractivity (Wildman–Crippen MR) is 117 cm³/mol. The van der Waals surface area contributed by atoms with E-state index in [2.05, 4.69) is 10.1 Å². The molecule has 30 heavy (non-hydrogen) atoms. The van der Waals surface area contributed by atoms with Crippen LogP contribution in [-0.4, -0.2) is 58.9 Å². The van der Waals surface area contributed by atoms with Crippen molar-refractivity contribution in [3.05, 3.63) is 64.2 Å². The summed E-state index contributed by atoms with van der Waals surface area (Å²) in [6.45, 7) is 2.85. The quantitative estimate of drug-likeness (QED) is 0.609. The maximum atomic E-state index is 13.4. The summed E-state index contributed by atoms with van der Waals surface area (Å²) in [5, 5.41) is 5.42. The molecule has 0 radical (unpaired) electrons. The number of carbonyl (C=O) groups is 1. The van der Waals surface area contributed by atoms with E-state index in [9.17, 15) is 4.79 Å². The van der Waals surface area contributed by atoms with Crippen LogP contribution >= 0.6 is 23.2 Å². The predicted octanol–water partition coefficient (Wildman–Crippen LogP) is 3.85. The minimum Gasteiger partial charge on any atom is -0.485 e. The Labute approximate surface area is 184 Å². The fourth-order valence-corrected chi connectivity index (χ4v) is 3.83. The third-order valence-corrected chi connectivity index (χ3v) is 5.30. The lowest BCUT2D eigenvalue weighted by Gasteiger charge is -2.35. The van der Waals surface area contributed by atoms with Gasteiger partial charge in [-0.1, -0.05) is 35.3 Å². The van der Waals surface area contributed by atoms with E-state index in [1.807, 2.05) is 43.3 Å². The summed E-state index contributed by atoms with van der Waals surface area (Å²) < 4.78 is 7.61. The maximum Gasteiger partial charge on any atom is 0.298 e. The van der Waals surface area contributed by atoms with Crippen molar-refractivity contribution in [1.82, 2.24) is 19.7 Å². The molecule has 1 aromatic heterocycles. The van der Waals surface area contributed by atoms with Crippen LogP contribution in [0.3, 0.4) is 0 Å². The summed E-state index contributed by atoms with van der Waals surface area (Å²) in [7, 11) is 3.94. The van der Waals surface area contributed by atoms with Gasteiger partial charge in [0.05, 0.1) is 22.9 Å². The number of likely N-dealkylation sites (N-methyl/N-ethyl adjacent to an activating group) is 1. The van der Waals surface area contributed by atoms with Crippen molar-refractivity contribution >= 4 is 34.8 Å². The van der Waals surface area contributed by atoms with Gasteiger partial charge in [0.1, 0.15) is 17.7 Å². The minimum absolute atomic E-state index is 0.0869. The molecule has 2 heterocycles. The molecule has 9 heteroatoms. The second-order valence-corrected chi connectivity index (χ2v) is 8.22. The summed E-state index contributed by atoms with van der Waals surface area (Å²) >= 11 is 12.4. The van der Waals surface area contributed by atoms with Gasteiger partial charge in [0.25, 0.3) is 5.91 Å². The Morgan fingerprint density at radius 3 is 2.73 bits per heavy atom. The number of anilines is 1. The minimum atomic E-state index is -0.297. The number of para-hydroxylation sites is 2. The highest BCUT2D eigenvalue weighted by Gasteiger charge is 2.32. The smallest absolute Gasteiger partial charge is 0.298 e. The summed E-state index contributed by atoms with van der Waals surface area (Å²) in [5.41, 5.74) is 1.27. The molecule has 0 saturated heterocycles. The lowest BCUT2D eigenvalue weighted by molar-refractivity contribution is 0.0931. The van der Waals surface area contributed by atoms with Gasteiger partial charge in [-0.15, -0.1) is 5.10 Å². The highest BCUT2D eigenvalue weighted by molar-refractivity contribution is 6.34. The molecule has 156 valence electrons. The van der Waals surface area contributed by atoms with Crippen LogP contribution in [0.1, 0.15) is 16.4 Å². The highest BCUT2D eigenvalue weighted by Crippen LogP contribution is 2.34. The Morgan fingerprint density at radius 1 is 1.20 bits per heavy atom. The monoisotopic (exact) mass is 445 g/mol. The summed E-state index contributed by atoms with van der Waals surface area (Å²) in [6, 6.07) is 12.6. The number of rotatable bonds is 4. The number of fused-ring (bicyclic) bond motifs is 1. The van der Waals surface area contributed by atoms with Crippen molar-refractivity contribution in [1.29, 1.82) is 0 Å². The van der Waals surface area contributed by atoms with Crippen LogP contribution < -0.4 is 9.64 Å². The van der Waals surface area contributed by atoms with Crippen molar-refractivity contribution < 1.29 is 9.53 Å². The van der Waals surface area contributed by atoms with Crippen LogP contribution in [0.4, 0.5) is 5.69 Å². The van der Waals surface area contributed by atoms with Crippen molar-refractivity contribution in [3.63, 3.8) is 0 Å². The number of carbonyl (C=O) groups excluding carboxylic acids is 1. The molecule has 1 atom stereocenters. The van der Waals surface area contributed by atoms with Gasteiger partial charge in [-0.05, 0) is 51.4 Å². The van der Waals surface area contributed by atoms with E-state index in [0.29, 0.717) is 46.1 Å². The fourth-order valence-electron chi connectivity index (χ4n) is 3.47. The molecule has 1 amide bonds. The number of hydrogen-bond acceptors (Lipinski definition) is 5. The maximum absolute atomic E-state index is 13.4. The molecule has 1 aliphatic rings. The first-order chi connectivity index (χ1) is 14.3. The van der Waals surface area contributed by atoms with Crippen LogP contribution in [0, 0.1) is 6.92 Å². The topological polar surface area (TPSA) is 63.5 Å². The highest BCUT2D eigenvalue weighted by atomic mass is 35.5. The van der Waals surface area contributed by atoms with Gasteiger partial charge in [0.15, 0.2) is 0 Å². The average Bonchev–Trinajstić information content (AvgIpc) is 3.09. The molecule has 0 aliphatic carbocycles. The third kappa shape index (κ3) is 4.01. The summed E-state index contributed by atoms with van der Waals surface area (Å²) in [6.07, 6.45) is -0.163. The van der Waals surface area contributed by atoms with E-state index in [1.165, 1.54) is 4.68 Å². The molecule has 1 aliphatic heterocycles. The molecule has 0 N–H and O–H groups in total. The van der Waals surface area contributed by atoms with E-state index in [-0.39, 0.29) is 17.8 Å². The first-order valence-corrected chi connectivity index (χ1v) is 10.2. The Hall–Kier alpha value is -2.61. The van der Waals surface area contributed by atoms with Crippen LogP contribution in [0.5, 0.6) is 5.75 Å². The Balaban J connectivity index is 1.70. The van der Waals surface area contributed by atoms with Gasteiger partial charge in [0, 0.05) is 11.6 Å². The van der Waals surface area contributed by atoms with Crippen LogP contribution in [0.2, 0.25) is 10.0 Å². The number of aromatic nitrogens is 3. The number of benzene rings is 2. The fraction of sp³-hybridized carbons (Fsp3) is 0.286. The van der Waals surface area contributed by atoms with E-state index in [1.54, 1.807) is 30.0 Å². The van der Waals surface area contributed by atoms with E-state index in [0.717, 1.165) is 0 Å². The molecule has 7 nitrogen and oxygen atoms in total. The summed E-state index contributed by atoms with van der Waals surface area (Å²) in [4.78, 5) is 21.5. The van der Waals surface area contributed by atoms with Crippen molar-refractivity contribution in [2.45, 2.75) is 13.0 Å².